The first-order valence-corrected chi connectivity index (χ1v) is 13.0. The molecule has 1 saturated heterocycles. The van der Waals surface area contributed by atoms with Crippen molar-refractivity contribution in [2.45, 2.75) is 26.8 Å². The second-order valence-electron chi connectivity index (χ2n) is 9.30. The summed E-state index contributed by atoms with van der Waals surface area (Å²) in [6.45, 7) is 8.32. The highest BCUT2D eigenvalue weighted by Crippen LogP contribution is 2.43. The summed E-state index contributed by atoms with van der Waals surface area (Å²) in [5.74, 6) is -0.940. The maximum absolute atomic E-state index is 13.5. The first kappa shape index (κ1) is 26.8. The van der Waals surface area contributed by atoms with E-state index in [1.807, 2.05) is 74.4 Å². The van der Waals surface area contributed by atoms with Crippen LogP contribution in [0.1, 0.15) is 37.9 Å². The smallest absolute Gasteiger partial charge is 0.300 e. The third-order valence-electron chi connectivity index (χ3n) is 6.86. The molecule has 0 aromatic heterocycles. The van der Waals surface area contributed by atoms with Crippen molar-refractivity contribution in [3.63, 3.8) is 0 Å². The molecule has 0 spiro atoms. The highest BCUT2D eigenvalue weighted by molar-refractivity contribution is 6.51. The van der Waals surface area contributed by atoms with Gasteiger partial charge in [-0.15, -0.1) is 0 Å². The molecule has 0 bridgehead atoms. The molecule has 1 unspecified atom stereocenters. The monoisotopic (exact) mass is 513 g/mol. The van der Waals surface area contributed by atoms with Gasteiger partial charge in [0, 0.05) is 49.8 Å². The number of nitrogens with zero attached hydrogens (tertiary/aromatic N) is 3. The number of carbonyl (C=O) groups excluding carboxylic acids is 2. The Bertz CT molecular complexity index is 1310. The topological polar surface area (TPSA) is 73.3 Å². The van der Waals surface area contributed by atoms with E-state index in [0.717, 1.165) is 30.0 Å². The molecule has 1 aliphatic heterocycles. The number of Topliss-reactive ketones (excluding diaryl/α,β-unsaturated/α-hetero) is 1. The predicted molar refractivity (Wildman–Crippen MR) is 153 cm³/mol. The first-order chi connectivity index (χ1) is 18.3. The lowest BCUT2D eigenvalue weighted by Crippen LogP contribution is -2.29. The van der Waals surface area contributed by atoms with Gasteiger partial charge in [-0.05, 0) is 87.0 Å². The van der Waals surface area contributed by atoms with Crippen LogP contribution in [0.2, 0.25) is 0 Å². The van der Waals surface area contributed by atoms with Crippen LogP contribution in [0, 0.1) is 0 Å². The summed E-state index contributed by atoms with van der Waals surface area (Å²) in [6.07, 6.45) is 0. The van der Waals surface area contributed by atoms with Crippen LogP contribution in [0.15, 0.2) is 78.4 Å². The molecule has 4 rings (SSSR count). The maximum Gasteiger partial charge on any atom is 0.300 e. The van der Waals surface area contributed by atoms with Crippen LogP contribution >= 0.6 is 0 Å². The highest BCUT2D eigenvalue weighted by atomic mass is 16.5. The summed E-state index contributed by atoms with van der Waals surface area (Å²) < 4.78 is 5.51. The standard InChI is InChI=1S/C31H35N3O4/c1-6-33(7-2)24-15-17-25(18-16-24)34-28(21-9-13-23(14-10-21)32(4)5)27(30(36)31(34)37)29(35)22-11-19-26(20-12-22)38-8-3/h9-20,28,35H,6-8H2,1-5H3/b29-27-. The number of amides is 1. The minimum atomic E-state index is -0.780. The van der Waals surface area contributed by atoms with Crippen LogP contribution in [0.4, 0.5) is 17.1 Å². The van der Waals surface area contributed by atoms with Crippen molar-refractivity contribution in [1.29, 1.82) is 0 Å². The molecule has 1 amide bonds. The number of rotatable bonds is 9. The van der Waals surface area contributed by atoms with Crippen LogP contribution in [0.5, 0.6) is 5.75 Å². The fourth-order valence-electron chi connectivity index (χ4n) is 4.81. The van der Waals surface area contributed by atoms with E-state index < -0.39 is 17.7 Å². The second kappa shape index (κ2) is 11.4. The molecule has 198 valence electrons. The molecule has 7 nitrogen and oxygen atoms in total. The molecule has 1 fully saturated rings. The molecule has 3 aromatic carbocycles. The Labute approximate surface area is 224 Å². The third-order valence-corrected chi connectivity index (χ3v) is 6.86. The van der Waals surface area contributed by atoms with Crippen LogP contribution in [0.25, 0.3) is 5.76 Å². The molecule has 38 heavy (non-hydrogen) atoms. The van der Waals surface area contributed by atoms with Gasteiger partial charge < -0.3 is 19.6 Å². The lowest BCUT2D eigenvalue weighted by Gasteiger charge is -2.27. The van der Waals surface area contributed by atoms with E-state index in [4.69, 9.17) is 4.74 Å². The summed E-state index contributed by atoms with van der Waals surface area (Å²) in [5.41, 5.74) is 3.85. The van der Waals surface area contributed by atoms with Gasteiger partial charge in [-0.25, -0.2) is 0 Å². The molecule has 3 aromatic rings. The van der Waals surface area contributed by atoms with Crippen molar-refractivity contribution in [3.05, 3.63) is 89.5 Å². The number of aliphatic hydroxyl groups is 1. The zero-order valence-corrected chi connectivity index (χ0v) is 22.6. The summed E-state index contributed by atoms with van der Waals surface area (Å²) >= 11 is 0. The normalized spacial score (nSPS) is 16.6. The molecule has 0 saturated carbocycles. The minimum Gasteiger partial charge on any atom is -0.507 e. The van der Waals surface area contributed by atoms with E-state index in [-0.39, 0.29) is 11.3 Å². The number of ketones is 1. The van der Waals surface area contributed by atoms with Gasteiger partial charge in [0.15, 0.2) is 0 Å². The SMILES string of the molecule is CCOc1ccc(/C(O)=C2/C(=O)C(=O)N(c3ccc(N(CC)CC)cc3)C2c2ccc(N(C)C)cc2)cc1. The number of hydrogen-bond donors (Lipinski definition) is 1. The lowest BCUT2D eigenvalue weighted by molar-refractivity contribution is -0.132. The maximum atomic E-state index is 13.5. The third kappa shape index (κ3) is 5.09. The van der Waals surface area contributed by atoms with Crippen molar-refractivity contribution in [1.82, 2.24) is 0 Å². The van der Waals surface area contributed by atoms with E-state index in [1.54, 1.807) is 24.3 Å². The Morgan fingerprint density at radius 3 is 1.95 bits per heavy atom. The van der Waals surface area contributed by atoms with E-state index in [2.05, 4.69) is 18.7 Å². The summed E-state index contributed by atoms with van der Waals surface area (Å²) in [6, 6.07) is 21.4. The van der Waals surface area contributed by atoms with E-state index in [1.165, 1.54) is 4.90 Å². The number of ether oxygens (including phenoxy) is 1. The number of benzene rings is 3. The van der Waals surface area contributed by atoms with Crippen molar-refractivity contribution < 1.29 is 19.4 Å². The zero-order chi connectivity index (χ0) is 27.4. The van der Waals surface area contributed by atoms with Gasteiger partial charge in [-0.1, -0.05) is 12.1 Å². The minimum absolute atomic E-state index is 0.0598. The Hall–Kier alpha value is -4.26. The molecule has 1 atom stereocenters. The van der Waals surface area contributed by atoms with E-state index >= 15 is 0 Å². The number of carbonyl (C=O) groups is 2. The average Bonchev–Trinajstić information content (AvgIpc) is 3.20. The Kier molecular flexibility index (Phi) is 8.05. The Morgan fingerprint density at radius 1 is 0.842 bits per heavy atom. The van der Waals surface area contributed by atoms with Crippen LogP contribution < -0.4 is 19.4 Å². The number of anilines is 3. The Balaban J connectivity index is 1.84. The summed E-state index contributed by atoms with van der Waals surface area (Å²) in [4.78, 5) is 32.6. The van der Waals surface area contributed by atoms with E-state index in [9.17, 15) is 14.7 Å². The van der Waals surface area contributed by atoms with Crippen molar-refractivity contribution in [2.75, 3.05) is 48.5 Å². The fourth-order valence-corrected chi connectivity index (χ4v) is 4.81. The van der Waals surface area contributed by atoms with Gasteiger partial charge in [0.25, 0.3) is 11.7 Å². The van der Waals surface area contributed by atoms with Gasteiger partial charge in [-0.3, -0.25) is 14.5 Å². The van der Waals surface area contributed by atoms with Gasteiger partial charge in [-0.2, -0.15) is 0 Å². The molecular weight excluding hydrogens is 478 g/mol. The number of hydrogen-bond acceptors (Lipinski definition) is 6. The fraction of sp³-hybridized carbons (Fsp3) is 0.290. The molecule has 0 radical (unpaired) electrons. The molecular formula is C31H35N3O4. The molecule has 1 heterocycles. The van der Waals surface area contributed by atoms with Crippen molar-refractivity contribution in [2.24, 2.45) is 0 Å². The average molecular weight is 514 g/mol. The van der Waals surface area contributed by atoms with Crippen molar-refractivity contribution >= 4 is 34.5 Å². The lowest BCUT2D eigenvalue weighted by atomic mass is 9.95. The predicted octanol–water partition coefficient (Wildman–Crippen LogP) is 5.62. The van der Waals surface area contributed by atoms with Gasteiger partial charge >= 0.3 is 0 Å². The van der Waals surface area contributed by atoms with Crippen LogP contribution in [-0.4, -0.2) is 50.6 Å². The second-order valence-corrected chi connectivity index (χ2v) is 9.30. The molecule has 1 N–H and O–H groups in total. The number of aliphatic hydroxyl groups excluding tert-OH is 1. The van der Waals surface area contributed by atoms with E-state index in [0.29, 0.717) is 23.6 Å². The quantitative estimate of drug-likeness (QED) is 0.227. The van der Waals surface area contributed by atoms with Crippen LogP contribution in [0.3, 0.4) is 0 Å². The zero-order valence-electron chi connectivity index (χ0n) is 22.6. The van der Waals surface area contributed by atoms with Gasteiger partial charge in [0.2, 0.25) is 0 Å². The van der Waals surface area contributed by atoms with Crippen LogP contribution in [-0.2, 0) is 9.59 Å². The molecule has 1 aliphatic rings. The molecule has 7 heteroatoms. The molecule has 0 aliphatic carbocycles. The largest absolute Gasteiger partial charge is 0.507 e. The Morgan fingerprint density at radius 2 is 1.42 bits per heavy atom. The first-order valence-electron chi connectivity index (χ1n) is 13.0. The van der Waals surface area contributed by atoms with Gasteiger partial charge in [0.05, 0.1) is 18.2 Å². The van der Waals surface area contributed by atoms with Crippen molar-refractivity contribution in [3.8, 4) is 5.75 Å². The highest BCUT2D eigenvalue weighted by Gasteiger charge is 2.47. The summed E-state index contributed by atoms with van der Waals surface area (Å²) in [7, 11) is 3.90. The van der Waals surface area contributed by atoms with Gasteiger partial charge in [0.1, 0.15) is 11.5 Å². The summed E-state index contributed by atoms with van der Waals surface area (Å²) in [5, 5.41) is 11.4.